The van der Waals surface area contributed by atoms with Gasteiger partial charge in [-0.15, -0.1) is 0 Å². The van der Waals surface area contributed by atoms with Gasteiger partial charge in [0.25, 0.3) is 0 Å². The molecule has 0 bridgehead atoms. The third-order valence-corrected chi connectivity index (χ3v) is 5.46. The normalized spacial score (nSPS) is 11.8. The van der Waals surface area contributed by atoms with Gasteiger partial charge in [-0.3, -0.25) is 4.68 Å². The Morgan fingerprint density at radius 1 is 1.38 bits per heavy atom. The van der Waals surface area contributed by atoms with E-state index in [9.17, 15) is 8.42 Å². The predicted molar refractivity (Wildman–Crippen MR) is 82.8 cm³/mol. The molecule has 114 valence electrons. The van der Waals surface area contributed by atoms with E-state index in [2.05, 4.69) is 9.82 Å². The molecular weight excluding hydrogens is 335 g/mol. The van der Waals surface area contributed by atoms with Crippen LogP contribution in [0.3, 0.4) is 0 Å². The van der Waals surface area contributed by atoms with E-state index < -0.39 is 10.0 Å². The van der Waals surface area contributed by atoms with Crippen LogP contribution >= 0.6 is 23.2 Å². The van der Waals surface area contributed by atoms with E-state index in [1.54, 1.807) is 17.9 Å². The molecule has 0 saturated heterocycles. The number of benzene rings is 1. The summed E-state index contributed by atoms with van der Waals surface area (Å²) >= 11 is 11.8. The number of halogens is 2. The van der Waals surface area contributed by atoms with Gasteiger partial charge < -0.3 is 5.73 Å². The van der Waals surface area contributed by atoms with E-state index in [4.69, 9.17) is 28.9 Å². The summed E-state index contributed by atoms with van der Waals surface area (Å²) in [7, 11) is -2.01. The van der Waals surface area contributed by atoms with E-state index in [1.165, 1.54) is 12.1 Å². The molecule has 0 aliphatic rings. The summed E-state index contributed by atoms with van der Waals surface area (Å²) in [6.07, 6.45) is 1.61. The van der Waals surface area contributed by atoms with Crippen LogP contribution in [0.2, 0.25) is 10.0 Å². The van der Waals surface area contributed by atoms with Crippen LogP contribution in [-0.2, 0) is 23.6 Å². The number of aromatic nitrogens is 2. The molecular formula is C12H14Cl2N4O2S. The zero-order chi connectivity index (χ0) is 15.8. The van der Waals surface area contributed by atoms with Gasteiger partial charge in [-0.2, -0.15) is 5.10 Å². The molecule has 9 heteroatoms. The number of nitrogens with two attached hydrogens (primary N) is 1. The first-order chi connectivity index (χ1) is 9.74. The standard InChI is InChI=1S/C12H14Cl2N4O2S/c1-7-8(5-16-18(7)2)6-17-21(19,20)10-4-3-9(13)12(15)11(10)14/h3-5,17H,6,15H2,1-2H3. The summed E-state index contributed by atoms with van der Waals surface area (Å²) in [5, 5.41) is 4.18. The molecule has 6 nitrogen and oxygen atoms in total. The van der Waals surface area contributed by atoms with Crippen LogP contribution in [-0.4, -0.2) is 18.2 Å². The van der Waals surface area contributed by atoms with Crippen LogP contribution in [0, 0.1) is 6.92 Å². The number of nitrogens with zero attached hydrogens (tertiary/aromatic N) is 2. The Bertz CT molecular complexity index is 787. The Morgan fingerprint density at radius 3 is 2.62 bits per heavy atom. The topological polar surface area (TPSA) is 90.0 Å². The number of sulfonamides is 1. The molecule has 21 heavy (non-hydrogen) atoms. The lowest BCUT2D eigenvalue weighted by atomic mass is 10.3. The molecule has 0 saturated carbocycles. The number of hydrogen-bond acceptors (Lipinski definition) is 4. The van der Waals surface area contributed by atoms with Gasteiger partial charge in [0, 0.05) is 24.8 Å². The van der Waals surface area contributed by atoms with Gasteiger partial charge >= 0.3 is 0 Å². The van der Waals surface area contributed by atoms with Crippen molar-refractivity contribution < 1.29 is 8.42 Å². The van der Waals surface area contributed by atoms with Crippen LogP contribution in [0.25, 0.3) is 0 Å². The van der Waals surface area contributed by atoms with Crippen LogP contribution in [0.15, 0.2) is 23.2 Å². The van der Waals surface area contributed by atoms with Crippen LogP contribution in [0.4, 0.5) is 5.69 Å². The maximum Gasteiger partial charge on any atom is 0.242 e. The molecule has 0 aliphatic carbocycles. The molecule has 0 unspecified atom stereocenters. The molecule has 0 atom stereocenters. The predicted octanol–water partition coefficient (Wildman–Crippen LogP) is 2.10. The van der Waals surface area contributed by atoms with Crippen molar-refractivity contribution in [1.82, 2.24) is 14.5 Å². The molecule has 2 rings (SSSR count). The number of nitrogens with one attached hydrogen (secondary N) is 1. The fourth-order valence-electron chi connectivity index (χ4n) is 1.73. The van der Waals surface area contributed by atoms with E-state index in [0.717, 1.165) is 11.3 Å². The number of aryl methyl sites for hydroxylation is 1. The lowest BCUT2D eigenvalue weighted by Gasteiger charge is -2.10. The maximum atomic E-state index is 12.3. The molecule has 0 aliphatic heterocycles. The molecule has 1 aromatic heterocycles. The van der Waals surface area contributed by atoms with Crippen LogP contribution < -0.4 is 10.5 Å². The first-order valence-corrected chi connectivity index (χ1v) is 8.18. The molecule has 0 fully saturated rings. The summed E-state index contributed by atoms with van der Waals surface area (Å²) in [6.45, 7) is 1.96. The minimum Gasteiger partial charge on any atom is -0.396 e. The van der Waals surface area contributed by atoms with Crippen molar-refractivity contribution in [2.75, 3.05) is 5.73 Å². The van der Waals surface area contributed by atoms with E-state index in [-0.39, 0.29) is 27.2 Å². The van der Waals surface area contributed by atoms with Crippen molar-refractivity contribution in [3.05, 3.63) is 39.6 Å². The summed E-state index contributed by atoms with van der Waals surface area (Å²) in [5.74, 6) is 0. The quantitative estimate of drug-likeness (QED) is 0.827. The average Bonchev–Trinajstić information content (AvgIpc) is 2.74. The highest BCUT2D eigenvalue weighted by molar-refractivity contribution is 7.89. The van der Waals surface area contributed by atoms with Gasteiger partial charge in [0.15, 0.2) is 0 Å². The minimum atomic E-state index is -3.79. The maximum absolute atomic E-state index is 12.3. The van der Waals surface area contributed by atoms with Gasteiger partial charge in [0.1, 0.15) is 4.90 Å². The Morgan fingerprint density at radius 2 is 2.05 bits per heavy atom. The second-order valence-corrected chi connectivity index (χ2v) is 7.00. The summed E-state index contributed by atoms with van der Waals surface area (Å²) in [4.78, 5) is -0.104. The van der Waals surface area contributed by atoms with Gasteiger partial charge in [0.2, 0.25) is 10.0 Å². The van der Waals surface area contributed by atoms with E-state index >= 15 is 0 Å². The Labute approximate surface area is 132 Å². The fraction of sp³-hybridized carbons (Fsp3) is 0.250. The SMILES string of the molecule is Cc1c(CNS(=O)(=O)c2ccc(Cl)c(N)c2Cl)cnn1C. The van der Waals surface area contributed by atoms with E-state index in [0.29, 0.717) is 0 Å². The van der Waals surface area contributed by atoms with Crippen LogP contribution in [0.5, 0.6) is 0 Å². The smallest absolute Gasteiger partial charge is 0.242 e. The summed E-state index contributed by atoms with van der Waals surface area (Å²) in [6, 6.07) is 2.71. The molecule has 0 amide bonds. The fourth-order valence-corrected chi connectivity index (χ4v) is 3.49. The molecule has 0 spiro atoms. The highest BCUT2D eigenvalue weighted by atomic mass is 35.5. The lowest BCUT2D eigenvalue weighted by Crippen LogP contribution is -2.24. The van der Waals surface area contributed by atoms with Crippen molar-refractivity contribution in [3.63, 3.8) is 0 Å². The van der Waals surface area contributed by atoms with E-state index in [1.807, 2.05) is 6.92 Å². The zero-order valence-corrected chi connectivity index (χ0v) is 13.7. The highest BCUT2D eigenvalue weighted by Gasteiger charge is 2.21. The van der Waals surface area contributed by atoms with Crippen molar-refractivity contribution >= 4 is 38.9 Å². The third-order valence-electron chi connectivity index (χ3n) is 3.17. The lowest BCUT2D eigenvalue weighted by molar-refractivity contribution is 0.581. The van der Waals surface area contributed by atoms with Crippen molar-refractivity contribution in [1.29, 1.82) is 0 Å². The number of anilines is 1. The summed E-state index contributed by atoms with van der Waals surface area (Å²) < 4.78 is 28.7. The van der Waals surface area contributed by atoms with Gasteiger partial charge in [-0.1, -0.05) is 23.2 Å². The largest absolute Gasteiger partial charge is 0.396 e. The highest BCUT2D eigenvalue weighted by Crippen LogP contribution is 2.33. The van der Waals surface area contributed by atoms with Crippen molar-refractivity contribution in [2.24, 2.45) is 7.05 Å². The van der Waals surface area contributed by atoms with Crippen molar-refractivity contribution in [2.45, 2.75) is 18.4 Å². The summed E-state index contributed by atoms with van der Waals surface area (Å²) in [5.41, 5.74) is 7.34. The number of hydrogen-bond donors (Lipinski definition) is 2. The Balaban J connectivity index is 2.27. The average molecular weight is 349 g/mol. The Hall–Kier alpha value is -1.28. The second-order valence-electron chi connectivity index (χ2n) is 4.48. The first kappa shape index (κ1) is 16.1. The number of nitrogen functional groups attached to an aromatic ring is 1. The third kappa shape index (κ3) is 3.16. The number of rotatable bonds is 4. The van der Waals surface area contributed by atoms with Gasteiger partial charge in [-0.05, 0) is 19.1 Å². The zero-order valence-electron chi connectivity index (χ0n) is 11.4. The molecule has 1 heterocycles. The molecule has 2 aromatic rings. The second kappa shape index (κ2) is 5.84. The van der Waals surface area contributed by atoms with Crippen molar-refractivity contribution in [3.8, 4) is 0 Å². The van der Waals surface area contributed by atoms with Gasteiger partial charge in [0.05, 0.1) is 21.9 Å². The van der Waals surface area contributed by atoms with Gasteiger partial charge in [-0.25, -0.2) is 13.1 Å². The monoisotopic (exact) mass is 348 g/mol. The Kier molecular flexibility index (Phi) is 4.48. The first-order valence-electron chi connectivity index (χ1n) is 5.94. The molecule has 0 radical (unpaired) electrons. The molecule has 3 N–H and O–H groups in total. The minimum absolute atomic E-state index is 0.0405. The molecule has 1 aromatic carbocycles. The van der Waals surface area contributed by atoms with Crippen LogP contribution in [0.1, 0.15) is 11.3 Å².